The van der Waals surface area contributed by atoms with E-state index in [1.54, 1.807) is 18.2 Å². The Hall–Kier alpha value is -1.68. The summed E-state index contributed by atoms with van der Waals surface area (Å²) in [5.41, 5.74) is 6.55. The van der Waals surface area contributed by atoms with Crippen molar-refractivity contribution in [3.8, 4) is 5.75 Å². The first-order valence-corrected chi connectivity index (χ1v) is 6.47. The van der Waals surface area contributed by atoms with Crippen molar-refractivity contribution in [2.75, 3.05) is 12.3 Å². The molecule has 0 saturated heterocycles. The number of nitrogen functional groups attached to an aromatic ring is 1. The normalized spacial score (nSPS) is 10.3. The lowest BCUT2D eigenvalue weighted by Crippen LogP contribution is -1.98. The van der Waals surface area contributed by atoms with Gasteiger partial charge in [0.05, 0.1) is 12.3 Å². The lowest BCUT2D eigenvalue weighted by atomic mass is 10.3. The molecule has 2 nitrogen and oxygen atoms in total. The highest BCUT2D eigenvalue weighted by Gasteiger charge is 2.09. The maximum Gasteiger partial charge on any atom is 0.143 e. The Morgan fingerprint density at radius 3 is 2.56 bits per heavy atom. The predicted molar refractivity (Wildman–Crippen MR) is 72.5 cm³/mol. The lowest BCUT2D eigenvalue weighted by Gasteiger charge is -2.11. The highest BCUT2D eigenvalue weighted by atomic mass is 32.2. The van der Waals surface area contributed by atoms with Crippen LogP contribution in [0.5, 0.6) is 5.75 Å². The van der Waals surface area contributed by atoms with Gasteiger partial charge in [0.25, 0.3) is 0 Å². The van der Waals surface area contributed by atoms with Crippen LogP contribution < -0.4 is 10.5 Å². The highest BCUT2D eigenvalue weighted by Crippen LogP contribution is 2.37. The van der Waals surface area contributed by atoms with Crippen molar-refractivity contribution in [1.82, 2.24) is 0 Å². The van der Waals surface area contributed by atoms with Crippen molar-refractivity contribution >= 4 is 17.4 Å². The number of halogens is 1. The van der Waals surface area contributed by atoms with Gasteiger partial charge in [0.1, 0.15) is 11.6 Å². The summed E-state index contributed by atoms with van der Waals surface area (Å²) in [6.07, 6.45) is 0. The zero-order valence-corrected chi connectivity index (χ0v) is 10.8. The number of ether oxygens (including phenoxy) is 1. The van der Waals surface area contributed by atoms with E-state index in [4.69, 9.17) is 10.5 Å². The molecule has 0 aliphatic rings. The van der Waals surface area contributed by atoms with Gasteiger partial charge in [0.15, 0.2) is 0 Å². The third-order valence-electron chi connectivity index (χ3n) is 2.38. The number of para-hydroxylation sites is 1. The van der Waals surface area contributed by atoms with E-state index in [0.29, 0.717) is 22.9 Å². The average molecular weight is 263 g/mol. The van der Waals surface area contributed by atoms with E-state index in [9.17, 15) is 4.39 Å². The van der Waals surface area contributed by atoms with E-state index in [2.05, 4.69) is 0 Å². The van der Waals surface area contributed by atoms with Crippen molar-refractivity contribution < 1.29 is 9.13 Å². The van der Waals surface area contributed by atoms with Gasteiger partial charge in [-0.1, -0.05) is 30.0 Å². The molecule has 0 amide bonds. The summed E-state index contributed by atoms with van der Waals surface area (Å²) >= 11 is 1.30. The fourth-order valence-electron chi connectivity index (χ4n) is 1.54. The molecule has 18 heavy (non-hydrogen) atoms. The monoisotopic (exact) mass is 263 g/mol. The Kier molecular flexibility index (Phi) is 4.10. The number of anilines is 1. The smallest absolute Gasteiger partial charge is 0.143 e. The second-order valence-corrected chi connectivity index (χ2v) is 4.72. The average Bonchev–Trinajstić information content (AvgIpc) is 2.37. The van der Waals surface area contributed by atoms with Gasteiger partial charge in [-0.15, -0.1) is 0 Å². The van der Waals surface area contributed by atoms with Gasteiger partial charge in [0, 0.05) is 9.79 Å². The second-order valence-electron chi connectivity index (χ2n) is 3.63. The molecule has 0 spiro atoms. The third-order valence-corrected chi connectivity index (χ3v) is 3.51. The van der Waals surface area contributed by atoms with Crippen molar-refractivity contribution in [3.63, 3.8) is 0 Å². The molecule has 2 aromatic rings. The molecule has 2 aromatic carbocycles. The van der Waals surface area contributed by atoms with Crippen molar-refractivity contribution in [3.05, 3.63) is 48.3 Å². The van der Waals surface area contributed by atoms with Crippen LogP contribution in [0.3, 0.4) is 0 Å². The maximum atomic E-state index is 13.6. The van der Waals surface area contributed by atoms with Gasteiger partial charge in [-0.05, 0) is 31.2 Å². The van der Waals surface area contributed by atoms with Crippen molar-refractivity contribution in [2.45, 2.75) is 16.7 Å². The topological polar surface area (TPSA) is 35.2 Å². The van der Waals surface area contributed by atoms with E-state index < -0.39 is 0 Å². The van der Waals surface area contributed by atoms with Gasteiger partial charge < -0.3 is 10.5 Å². The van der Waals surface area contributed by atoms with E-state index in [1.165, 1.54) is 17.8 Å². The molecule has 2 rings (SSSR count). The summed E-state index contributed by atoms with van der Waals surface area (Å²) < 4.78 is 19.0. The largest absolute Gasteiger partial charge is 0.492 e. The molecule has 0 radical (unpaired) electrons. The van der Waals surface area contributed by atoms with Crippen LogP contribution in [0.25, 0.3) is 0 Å². The van der Waals surface area contributed by atoms with Crippen LogP contribution in [0.15, 0.2) is 52.3 Å². The van der Waals surface area contributed by atoms with Crippen LogP contribution in [-0.4, -0.2) is 6.61 Å². The minimum absolute atomic E-state index is 0.247. The molecule has 0 bridgehead atoms. The van der Waals surface area contributed by atoms with Crippen molar-refractivity contribution in [2.24, 2.45) is 0 Å². The zero-order valence-electron chi connectivity index (χ0n) is 10.0. The summed E-state index contributed by atoms with van der Waals surface area (Å²) in [4.78, 5) is 1.35. The first kappa shape index (κ1) is 12.8. The van der Waals surface area contributed by atoms with Crippen LogP contribution in [0.2, 0.25) is 0 Å². The molecular weight excluding hydrogens is 249 g/mol. The number of rotatable bonds is 4. The van der Waals surface area contributed by atoms with E-state index in [1.807, 2.05) is 25.1 Å². The summed E-state index contributed by atoms with van der Waals surface area (Å²) in [6.45, 7) is 2.45. The van der Waals surface area contributed by atoms with E-state index in [0.717, 1.165) is 4.90 Å². The fraction of sp³-hybridized carbons (Fsp3) is 0.143. The maximum absolute atomic E-state index is 13.6. The first-order valence-electron chi connectivity index (χ1n) is 5.66. The summed E-state index contributed by atoms with van der Waals surface area (Å²) in [7, 11) is 0. The van der Waals surface area contributed by atoms with Gasteiger partial charge in [0.2, 0.25) is 0 Å². The molecule has 0 saturated carbocycles. The molecule has 0 aliphatic carbocycles. The van der Waals surface area contributed by atoms with Crippen LogP contribution >= 0.6 is 11.8 Å². The molecule has 94 valence electrons. The minimum Gasteiger partial charge on any atom is -0.492 e. The molecule has 0 aromatic heterocycles. The first-order chi connectivity index (χ1) is 8.72. The van der Waals surface area contributed by atoms with Crippen LogP contribution in [0.1, 0.15) is 6.92 Å². The third kappa shape index (κ3) is 2.76. The van der Waals surface area contributed by atoms with Crippen molar-refractivity contribution in [1.29, 1.82) is 0 Å². The van der Waals surface area contributed by atoms with Crippen LogP contribution in [0, 0.1) is 5.82 Å². The number of hydrogen-bond donors (Lipinski definition) is 1. The molecular formula is C14H14FNOS. The lowest BCUT2D eigenvalue weighted by molar-refractivity contribution is 0.341. The van der Waals surface area contributed by atoms with Gasteiger partial charge in [-0.3, -0.25) is 0 Å². The SMILES string of the molecule is CCOc1cccc(Sc2ccccc2F)c1N. The summed E-state index contributed by atoms with van der Waals surface area (Å²) in [5.74, 6) is 0.391. The van der Waals surface area contributed by atoms with Gasteiger partial charge >= 0.3 is 0 Å². The number of hydrogen-bond acceptors (Lipinski definition) is 3. The molecule has 0 fully saturated rings. The Balaban J connectivity index is 2.30. The quantitative estimate of drug-likeness (QED) is 0.848. The second kappa shape index (κ2) is 5.78. The summed E-state index contributed by atoms with van der Waals surface area (Å²) in [6, 6.07) is 12.1. The minimum atomic E-state index is -0.247. The fourth-order valence-corrected chi connectivity index (χ4v) is 2.45. The Labute approximate surface area is 110 Å². The molecule has 0 heterocycles. The Bertz CT molecular complexity index is 545. The predicted octanol–water partition coefficient (Wildman–Crippen LogP) is 3.96. The Morgan fingerprint density at radius 1 is 1.11 bits per heavy atom. The number of benzene rings is 2. The molecule has 0 aliphatic heterocycles. The summed E-state index contributed by atoms with van der Waals surface area (Å²) in [5, 5.41) is 0. The van der Waals surface area contributed by atoms with Gasteiger partial charge in [-0.25, -0.2) is 4.39 Å². The van der Waals surface area contributed by atoms with E-state index in [-0.39, 0.29) is 5.82 Å². The standard InChI is InChI=1S/C14H14FNOS/c1-2-17-11-7-5-9-13(14(11)16)18-12-8-4-3-6-10(12)15/h3-9H,2,16H2,1H3. The molecule has 2 N–H and O–H groups in total. The Morgan fingerprint density at radius 2 is 1.83 bits per heavy atom. The van der Waals surface area contributed by atoms with Crippen LogP contribution in [0.4, 0.5) is 10.1 Å². The molecule has 0 unspecified atom stereocenters. The van der Waals surface area contributed by atoms with Gasteiger partial charge in [-0.2, -0.15) is 0 Å². The zero-order chi connectivity index (χ0) is 13.0. The molecule has 4 heteroatoms. The van der Waals surface area contributed by atoms with Crippen LogP contribution in [-0.2, 0) is 0 Å². The highest BCUT2D eigenvalue weighted by molar-refractivity contribution is 7.99. The van der Waals surface area contributed by atoms with E-state index >= 15 is 0 Å². The molecule has 0 atom stereocenters. The number of nitrogens with two attached hydrogens (primary N) is 1.